The van der Waals surface area contributed by atoms with E-state index in [0.717, 1.165) is 21.7 Å². The van der Waals surface area contributed by atoms with Gasteiger partial charge in [0.25, 0.3) is 5.91 Å². The van der Waals surface area contributed by atoms with Gasteiger partial charge in [0.1, 0.15) is 0 Å². The molecular formula is C17H13IN6O2S. The Kier molecular flexibility index (Phi) is 4.90. The largest absolute Gasteiger partial charge is 0.355 e. The normalized spacial score (nSPS) is 10.7. The van der Waals surface area contributed by atoms with Crippen molar-refractivity contribution in [2.24, 2.45) is 7.05 Å². The lowest BCUT2D eigenvalue weighted by molar-refractivity contribution is 0.101. The highest BCUT2D eigenvalue weighted by Gasteiger charge is 2.16. The van der Waals surface area contributed by atoms with E-state index in [4.69, 9.17) is 4.52 Å². The van der Waals surface area contributed by atoms with Gasteiger partial charge in [-0.15, -0.1) is 11.3 Å². The minimum atomic E-state index is -0.358. The van der Waals surface area contributed by atoms with Gasteiger partial charge in [0.15, 0.2) is 11.5 Å². The van der Waals surface area contributed by atoms with E-state index in [1.54, 1.807) is 34.8 Å². The van der Waals surface area contributed by atoms with E-state index in [9.17, 15) is 4.79 Å². The van der Waals surface area contributed by atoms with Crippen molar-refractivity contribution >= 4 is 51.5 Å². The van der Waals surface area contributed by atoms with Gasteiger partial charge < -0.3 is 13.4 Å². The molecule has 0 radical (unpaired) electrons. The van der Waals surface area contributed by atoms with Crippen LogP contribution in [0.4, 0.5) is 11.4 Å². The lowest BCUT2D eigenvalue weighted by Gasteiger charge is -2.10. The molecular weight excluding hydrogens is 479 g/mol. The van der Waals surface area contributed by atoms with Crippen LogP contribution in [0.5, 0.6) is 0 Å². The number of benzene rings is 1. The lowest BCUT2D eigenvalue weighted by atomic mass is 10.1. The second-order valence-corrected chi connectivity index (χ2v) is 7.08. The smallest absolute Gasteiger partial charge is 0.277 e. The van der Waals surface area contributed by atoms with Gasteiger partial charge in [0, 0.05) is 25.5 Å². The zero-order valence-corrected chi connectivity index (χ0v) is 17.0. The third-order valence-electron chi connectivity index (χ3n) is 3.82. The summed E-state index contributed by atoms with van der Waals surface area (Å²) in [7, 11) is 1.81. The van der Waals surface area contributed by atoms with Crippen molar-refractivity contribution in [3.05, 3.63) is 54.1 Å². The summed E-state index contributed by atoms with van der Waals surface area (Å²) in [6, 6.07) is 7.37. The first-order valence-corrected chi connectivity index (χ1v) is 9.76. The predicted octanol–water partition coefficient (Wildman–Crippen LogP) is 4.21. The molecule has 0 fully saturated rings. The van der Waals surface area contributed by atoms with Crippen LogP contribution in [0, 0.1) is 0 Å². The van der Waals surface area contributed by atoms with E-state index < -0.39 is 0 Å². The van der Waals surface area contributed by atoms with Crippen LogP contribution in [0.25, 0.3) is 21.8 Å². The second-order valence-electron chi connectivity index (χ2n) is 5.65. The summed E-state index contributed by atoms with van der Waals surface area (Å²) in [5.41, 5.74) is 5.12. The van der Waals surface area contributed by atoms with Crippen molar-refractivity contribution in [2.75, 3.05) is 8.85 Å². The van der Waals surface area contributed by atoms with Crippen molar-refractivity contribution in [1.82, 2.24) is 19.9 Å². The molecule has 0 saturated carbocycles. The van der Waals surface area contributed by atoms with Gasteiger partial charge in [-0.1, -0.05) is 11.2 Å². The summed E-state index contributed by atoms with van der Waals surface area (Å²) in [5.74, 6) is 0.127. The summed E-state index contributed by atoms with van der Waals surface area (Å²) in [5, 5.41) is 10.8. The Morgan fingerprint density at radius 2 is 2.11 bits per heavy atom. The number of hydrogen-bond donors (Lipinski definition) is 2. The van der Waals surface area contributed by atoms with E-state index in [1.165, 1.54) is 11.3 Å². The van der Waals surface area contributed by atoms with E-state index >= 15 is 0 Å². The summed E-state index contributed by atoms with van der Waals surface area (Å²) < 4.78 is 9.97. The molecule has 2 N–H and O–H groups in total. The standard InChI is InChI=1S/C17H13IN6O2S/c1-24-8-11(6-20-24)15-5-14(23-26-15)17(25)21-13-4-10(2-3-12(13)22-18)16-7-19-9-27-16/h2-9,22H,1H3,(H,21,25). The summed E-state index contributed by atoms with van der Waals surface area (Å²) in [6.45, 7) is 0. The Labute approximate surface area is 172 Å². The second kappa shape index (κ2) is 7.48. The first-order valence-electron chi connectivity index (χ1n) is 7.80. The maximum absolute atomic E-state index is 12.6. The molecule has 0 aliphatic heterocycles. The molecule has 1 amide bonds. The first-order chi connectivity index (χ1) is 13.1. The molecule has 4 rings (SSSR count). The molecule has 3 heterocycles. The Balaban J connectivity index is 1.59. The van der Waals surface area contributed by atoms with Crippen LogP contribution in [0.2, 0.25) is 0 Å². The zero-order valence-electron chi connectivity index (χ0n) is 14.0. The number of nitrogens with zero attached hydrogens (tertiary/aromatic N) is 4. The summed E-state index contributed by atoms with van der Waals surface area (Å²) >= 11 is 3.56. The van der Waals surface area contributed by atoms with Gasteiger partial charge in [0.2, 0.25) is 0 Å². The highest BCUT2D eigenvalue weighted by molar-refractivity contribution is 14.1. The number of carbonyl (C=O) groups is 1. The lowest BCUT2D eigenvalue weighted by Crippen LogP contribution is -2.13. The maximum Gasteiger partial charge on any atom is 0.277 e. The molecule has 3 aromatic heterocycles. The molecule has 4 aromatic rings. The molecule has 27 heavy (non-hydrogen) atoms. The van der Waals surface area contributed by atoms with Crippen molar-refractivity contribution < 1.29 is 9.32 Å². The molecule has 1 aromatic carbocycles. The number of rotatable bonds is 5. The molecule has 10 heteroatoms. The van der Waals surface area contributed by atoms with Gasteiger partial charge in [-0.2, -0.15) is 5.10 Å². The first kappa shape index (κ1) is 17.7. The molecule has 0 bridgehead atoms. The van der Waals surface area contributed by atoms with Gasteiger partial charge in [-0.05, 0) is 17.7 Å². The summed E-state index contributed by atoms with van der Waals surface area (Å²) in [6.07, 6.45) is 5.23. The molecule has 0 saturated heterocycles. The summed E-state index contributed by atoms with van der Waals surface area (Å²) in [4.78, 5) is 17.8. The molecule has 0 spiro atoms. The fraction of sp³-hybridized carbons (Fsp3) is 0.0588. The Morgan fingerprint density at radius 1 is 1.22 bits per heavy atom. The quantitative estimate of drug-likeness (QED) is 0.320. The Hall–Kier alpha value is -2.73. The van der Waals surface area contributed by atoms with Crippen LogP contribution in [0.1, 0.15) is 10.5 Å². The van der Waals surface area contributed by atoms with Crippen LogP contribution in [0.3, 0.4) is 0 Å². The Morgan fingerprint density at radius 3 is 2.81 bits per heavy atom. The topological polar surface area (TPSA) is 97.9 Å². The number of thiazole rings is 1. The minimum Gasteiger partial charge on any atom is -0.355 e. The van der Waals surface area contributed by atoms with Crippen molar-refractivity contribution in [3.8, 4) is 21.8 Å². The van der Waals surface area contributed by atoms with Gasteiger partial charge >= 0.3 is 0 Å². The number of carbonyl (C=O) groups excluding carboxylic acids is 1. The fourth-order valence-corrected chi connectivity index (χ4v) is 3.59. The third-order valence-corrected chi connectivity index (χ3v) is 5.22. The van der Waals surface area contributed by atoms with E-state index in [-0.39, 0.29) is 11.6 Å². The van der Waals surface area contributed by atoms with Crippen LogP contribution < -0.4 is 8.85 Å². The fourth-order valence-electron chi connectivity index (χ4n) is 2.49. The molecule has 0 unspecified atom stereocenters. The SMILES string of the molecule is Cn1cc(-c2cc(C(=O)Nc3cc(-c4cncs4)ccc3NI)no2)cn1. The highest BCUT2D eigenvalue weighted by Crippen LogP contribution is 2.32. The highest BCUT2D eigenvalue weighted by atomic mass is 127. The number of aryl methyl sites for hydroxylation is 1. The number of amides is 1. The van der Waals surface area contributed by atoms with Crippen LogP contribution in [-0.4, -0.2) is 25.8 Å². The molecule has 8 nitrogen and oxygen atoms in total. The average molecular weight is 492 g/mol. The number of nitrogens with one attached hydrogen (secondary N) is 2. The van der Waals surface area contributed by atoms with Crippen LogP contribution >= 0.6 is 34.2 Å². The third kappa shape index (κ3) is 3.71. The number of anilines is 2. The van der Waals surface area contributed by atoms with Gasteiger partial charge in [-0.25, -0.2) is 0 Å². The predicted molar refractivity (Wildman–Crippen MR) is 112 cm³/mol. The van der Waals surface area contributed by atoms with E-state index in [1.807, 2.05) is 48.1 Å². The van der Waals surface area contributed by atoms with E-state index in [2.05, 4.69) is 24.1 Å². The molecule has 136 valence electrons. The van der Waals surface area contributed by atoms with Gasteiger partial charge in [-0.3, -0.25) is 14.5 Å². The number of aromatic nitrogens is 4. The maximum atomic E-state index is 12.6. The Bertz CT molecular complexity index is 1090. The van der Waals surface area contributed by atoms with Gasteiger partial charge in [0.05, 0.1) is 56.4 Å². The van der Waals surface area contributed by atoms with E-state index in [0.29, 0.717) is 11.4 Å². The number of hydrogen-bond acceptors (Lipinski definition) is 7. The number of halogens is 1. The van der Waals surface area contributed by atoms with Crippen LogP contribution in [0.15, 0.2) is 52.9 Å². The van der Waals surface area contributed by atoms with Crippen molar-refractivity contribution in [1.29, 1.82) is 0 Å². The van der Waals surface area contributed by atoms with Crippen LogP contribution in [-0.2, 0) is 7.05 Å². The zero-order chi connectivity index (χ0) is 18.8. The van der Waals surface area contributed by atoms with Crippen molar-refractivity contribution in [3.63, 3.8) is 0 Å². The molecule has 0 aliphatic rings. The average Bonchev–Trinajstić information content (AvgIpc) is 3.42. The minimum absolute atomic E-state index is 0.191. The van der Waals surface area contributed by atoms with Crippen molar-refractivity contribution in [2.45, 2.75) is 0 Å². The molecule has 0 atom stereocenters. The molecule has 0 aliphatic carbocycles. The monoisotopic (exact) mass is 492 g/mol.